The maximum atomic E-state index is 11.0. The van der Waals surface area contributed by atoms with Crippen LogP contribution < -0.4 is 0 Å². The second kappa shape index (κ2) is 6.16. The number of carboxylic acids is 1. The average molecular weight is 339 g/mol. The Morgan fingerprint density at radius 2 is 2.05 bits per heavy atom. The number of hydrogen-bond donors (Lipinski definition) is 1. The van der Waals surface area contributed by atoms with Crippen molar-refractivity contribution >= 4 is 33.7 Å². The smallest absolute Gasteiger partial charge is 0.355 e. The number of carboxylic acid groups (broad SMARTS) is 1. The number of thioether (sulfide) groups is 1. The third-order valence-corrected chi connectivity index (χ3v) is 3.84. The van der Waals surface area contributed by atoms with Crippen molar-refractivity contribution in [1.29, 1.82) is 0 Å². The van der Waals surface area contributed by atoms with E-state index in [1.807, 2.05) is 24.3 Å². The average Bonchev–Trinajstić information content (AvgIpc) is 2.40. The maximum absolute atomic E-state index is 11.0. The molecule has 2 aromatic rings. The van der Waals surface area contributed by atoms with E-state index < -0.39 is 5.97 Å². The van der Waals surface area contributed by atoms with Crippen LogP contribution in [0.15, 0.2) is 39.8 Å². The molecule has 2 rings (SSSR count). The fourth-order valence-electron chi connectivity index (χ4n) is 1.52. The Balaban J connectivity index is 2.36. The Kier molecular flexibility index (Phi) is 4.55. The summed E-state index contributed by atoms with van der Waals surface area (Å²) < 4.78 is 0.377. The van der Waals surface area contributed by atoms with Gasteiger partial charge in [-0.15, -0.1) is 11.8 Å². The molecule has 0 radical (unpaired) electrons. The van der Waals surface area contributed by atoms with Gasteiger partial charge < -0.3 is 5.11 Å². The van der Waals surface area contributed by atoms with E-state index in [2.05, 4.69) is 32.8 Å². The number of rotatable bonds is 4. The van der Waals surface area contributed by atoms with Crippen LogP contribution in [0.2, 0.25) is 0 Å². The molecule has 0 fully saturated rings. The second-order valence-electron chi connectivity index (χ2n) is 3.65. The largest absolute Gasteiger partial charge is 0.476 e. The first-order valence-corrected chi connectivity index (χ1v) is 7.38. The number of halogens is 1. The van der Waals surface area contributed by atoms with Crippen molar-refractivity contribution in [3.63, 3.8) is 0 Å². The summed E-state index contributed by atoms with van der Waals surface area (Å²) in [6.07, 6.45) is 1.46. The van der Waals surface area contributed by atoms with Crippen LogP contribution in [0.5, 0.6) is 0 Å². The number of benzene rings is 1. The zero-order chi connectivity index (χ0) is 13.8. The van der Waals surface area contributed by atoms with Crippen molar-refractivity contribution in [3.8, 4) is 11.4 Å². The summed E-state index contributed by atoms with van der Waals surface area (Å²) >= 11 is 4.87. The predicted octanol–water partition coefficient (Wildman–Crippen LogP) is 3.72. The lowest BCUT2D eigenvalue weighted by Crippen LogP contribution is -2.04. The van der Waals surface area contributed by atoms with Crippen molar-refractivity contribution in [3.05, 3.63) is 40.6 Å². The molecule has 0 atom stereocenters. The highest BCUT2D eigenvalue weighted by Crippen LogP contribution is 2.23. The summed E-state index contributed by atoms with van der Waals surface area (Å²) in [6.45, 7) is 2.09. The van der Waals surface area contributed by atoms with E-state index in [1.165, 1.54) is 11.1 Å². The molecule has 0 spiro atoms. The number of aromatic carboxylic acids is 1. The molecule has 0 aliphatic heterocycles. The van der Waals surface area contributed by atoms with Gasteiger partial charge in [-0.25, -0.2) is 14.8 Å². The first-order valence-electron chi connectivity index (χ1n) is 5.61. The molecule has 0 unspecified atom stereocenters. The predicted molar refractivity (Wildman–Crippen MR) is 78.5 cm³/mol. The summed E-state index contributed by atoms with van der Waals surface area (Å²) in [7, 11) is 0. The molecule has 98 valence electrons. The quantitative estimate of drug-likeness (QED) is 0.860. The van der Waals surface area contributed by atoms with E-state index in [-0.39, 0.29) is 5.69 Å². The Labute approximate surface area is 123 Å². The van der Waals surface area contributed by atoms with E-state index in [9.17, 15) is 4.79 Å². The molecule has 0 aliphatic rings. The van der Waals surface area contributed by atoms with Crippen LogP contribution >= 0.6 is 27.7 Å². The van der Waals surface area contributed by atoms with Gasteiger partial charge in [0, 0.05) is 16.7 Å². The summed E-state index contributed by atoms with van der Waals surface area (Å²) in [5.74, 6) is 0.347. The molecule has 4 nitrogen and oxygen atoms in total. The minimum atomic E-state index is -1.08. The van der Waals surface area contributed by atoms with Crippen molar-refractivity contribution < 1.29 is 9.90 Å². The van der Waals surface area contributed by atoms with Crippen molar-refractivity contribution in [2.24, 2.45) is 0 Å². The van der Waals surface area contributed by atoms with Crippen LogP contribution in [0.1, 0.15) is 17.4 Å². The van der Waals surface area contributed by atoms with E-state index in [0.717, 1.165) is 11.3 Å². The van der Waals surface area contributed by atoms with E-state index >= 15 is 0 Å². The molecule has 0 aliphatic carbocycles. The second-order valence-corrected chi connectivity index (χ2v) is 5.84. The third kappa shape index (κ3) is 3.33. The molecule has 0 amide bonds. The molecule has 6 heteroatoms. The SMILES string of the molecule is CCSc1ccc(-c2ncc(Br)c(C(=O)O)n2)cc1. The molecule has 1 aromatic heterocycles. The standard InChI is InChI=1S/C13H11BrN2O2S/c1-2-19-9-5-3-8(4-6-9)12-15-7-10(14)11(16-12)13(17)18/h3-7H,2H2,1H3,(H,17,18). The number of aromatic nitrogens is 2. The molecule has 1 heterocycles. The molecule has 19 heavy (non-hydrogen) atoms. The number of nitrogens with zero attached hydrogens (tertiary/aromatic N) is 2. The van der Waals surface area contributed by atoms with Crippen molar-refractivity contribution in [2.45, 2.75) is 11.8 Å². The number of carbonyl (C=O) groups is 1. The molecule has 0 saturated carbocycles. The van der Waals surface area contributed by atoms with Gasteiger partial charge in [-0.2, -0.15) is 0 Å². The Morgan fingerprint density at radius 3 is 2.63 bits per heavy atom. The minimum absolute atomic E-state index is 0.0305. The monoisotopic (exact) mass is 338 g/mol. The topological polar surface area (TPSA) is 63.1 Å². The highest BCUT2D eigenvalue weighted by Gasteiger charge is 2.13. The fraction of sp³-hybridized carbons (Fsp3) is 0.154. The first-order chi connectivity index (χ1) is 9.11. The number of hydrogen-bond acceptors (Lipinski definition) is 4. The van der Waals surface area contributed by atoms with Gasteiger partial charge in [-0.1, -0.05) is 19.1 Å². The lowest BCUT2D eigenvalue weighted by atomic mass is 10.2. The summed E-state index contributed by atoms with van der Waals surface area (Å²) in [5, 5.41) is 9.03. The molecule has 1 N–H and O–H groups in total. The highest BCUT2D eigenvalue weighted by atomic mass is 79.9. The van der Waals surface area contributed by atoms with Gasteiger partial charge in [-0.3, -0.25) is 0 Å². The van der Waals surface area contributed by atoms with Crippen LogP contribution in [0, 0.1) is 0 Å². The molecule has 0 saturated heterocycles. The van der Waals surface area contributed by atoms with Crippen LogP contribution in [0.25, 0.3) is 11.4 Å². The normalized spacial score (nSPS) is 10.4. The zero-order valence-electron chi connectivity index (χ0n) is 10.1. The van der Waals surface area contributed by atoms with Gasteiger partial charge in [0.1, 0.15) is 0 Å². The third-order valence-electron chi connectivity index (χ3n) is 2.37. The minimum Gasteiger partial charge on any atom is -0.476 e. The summed E-state index contributed by atoms with van der Waals surface area (Å²) in [4.78, 5) is 20.4. The molecular weight excluding hydrogens is 328 g/mol. The summed E-state index contributed by atoms with van der Waals surface area (Å²) in [5.41, 5.74) is 0.771. The first kappa shape index (κ1) is 14.0. The zero-order valence-corrected chi connectivity index (χ0v) is 12.5. The Bertz CT molecular complexity index is 602. The van der Waals surface area contributed by atoms with Crippen LogP contribution in [-0.4, -0.2) is 26.8 Å². The Morgan fingerprint density at radius 1 is 1.37 bits per heavy atom. The Hall–Kier alpha value is -1.40. The van der Waals surface area contributed by atoms with Crippen LogP contribution in [-0.2, 0) is 0 Å². The van der Waals surface area contributed by atoms with Gasteiger partial charge in [0.2, 0.25) is 0 Å². The highest BCUT2D eigenvalue weighted by molar-refractivity contribution is 9.10. The fourth-order valence-corrected chi connectivity index (χ4v) is 2.55. The van der Waals surface area contributed by atoms with Crippen molar-refractivity contribution in [2.75, 3.05) is 5.75 Å². The van der Waals surface area contributed by atoms with Gasteiger partial charge in [0.05, 0.1) is 4.47 Å². The van der Waals surface area contributed by atoms with Gasteiger partial charge in [0.25, 0.3) is 0 Å². The van der Waals surface area contributed by atoms with Gasteiger partial charge in [-0.05, 0) is 33.8 Å². The van der Waals surface area contributed by atoms with Crippen molar-refractivity contribution in [1.82, 2.24) is 9.97 Å². The van der Waals surface area contributed by atoms with Gasteiger partial charge in [0.15, 0.2) is 11.5 Å². The summed E-state index contributed by atoms with van der Waals surface area (Å²) in [6, 6.07) is 7.75. The van der Waals surface area contributed by atoms with E-state index in [0.29, 0.717) is 10.3 Å². The van der Waals surface area contributed by atoms with E-state index in [4.69, 9.17) is 5.11 Å². The van der Waals surface area contributed by atoms with E-state index in [1.54, 1.807) is 11.8 Å². The lowest BCUT2D eigenvalue weighted by molar-refractivity contribution is 0.0689. The molecule has 1 aromatic carbocycles. The van der Waals surface area contributed by atoms with Crippen LogP contribution in [0.4, 0.5) is 0 Å². The molecular formula is C13H11BrN2O2S. The van der Waals surface area contributed by atoms with Crippen LogP contribution in [0.3, 0.4) is 0 Å². The lowest BCUT2D eigenvalue weighted by Gasteiger charge is -2.04. The molecule has 0 bridgehead atoms. The van der Waals surface area contributed by atoms with Gasteiger partial charge >= 0.3 is 5.97 Å². The maximum Gasteiger partial charge on any atom is 0.355 e.